The predicted molar refractivity (Wildman–Crippen MR) is 139 cm³/mol. The van der Waals surface area contributed by atoms with Crippen molar-refractivity contribution in [1.82, 2.24) is 14.6 Å². The average Bonchev–Trinajstić information content (AvgIpc) is 2.84. The Hall–Kier alpha value is -4.12. The van der Waals surface area contributed by atoms with Gasteiger partial charge in [0, 0.05) is 27.6 Å². The van der Waals surface area contributed by atoms with Gasteiger partial charge in [-0.05, 0) is 30.3 Å². The van der Waals surface area contributed by atoms with E-state index >= 15 is 0 Å². The molecule has 0 radical (unpaired) electrons. The van der Waals surface area contributed by atoms with Gasteiger partial charge in [0.2, 0.25) is 5.88 Å². The van der Waals surface area contributed by atoms with E-state index in [1.807, 2.05) is 26.8 Å². The highest BCUT2D eigenvalue weighted by atomic mass is 79.9. The Kier molecular flexibility index (Phi) is 6.84. The average molecular weight is 552 g/mol. The molecular formula is C25H22BrN5O5. The lowest BCUT2D eigenvalue weighted by Gasteiger charge is -2.21. The lowest BCUT2D eigenvalue weighted by molar-refractivity contribution is -0.385. The third kappa shape index (κ3) is 5.10. The third-order valence-electron chi connectivity index (χ3n) is 5.16. The molecule has 0 aliphatic heterocycles. The maximum Gasteiger partial charge on any atom is 0.287 e. The van der Waals surface area contributed by atoms with Crippen LogP contribution in [0.3, 0.4) is 0 Å². The Morgan fingerprint density at radius 1 is 1.17 bits per heavy atom. The second kappa shape index (κ2) is 9.86. The number of hydrogen-bond donors (Lipinski definition) is 0. The van der Waals surface area contributed by atoms with Gasteiger partial charge in [-0.25, -0.2) is 9.97 Å². The summed E-state index contributed by atoms with van der Waals surface area (Å²) in [6.07, 6.45) is 2.58. The van der Waals surface area contributed by atoms with E-state index in [0.717, 1.165) is 10.7 Å². The standard InChI is InChI=1S/C25H22BrN5O5/c1-25(2,3)24-29-19-10-8-16(26)12-18(19)23(32)30(24)28-13-15-6-5-7-20(35-4)22(15)36-21-11-9-17(14-27-21)31(33)34/h5-14H,1-4H3. The molecule has 10 nitrogen and oxygen atoms in total. The number of benzene rings is 2. The van der Waals surface area contributed by atoms with Gasteiger partial charge in [-0.2, -0.15) is 9.78 Å². The SMILES string of the molecule is COc1cccc(C=Nn2c(C(C)(C)C)nc3ccc(Br)cc3c2=O)c1Oc1ccc([N+](=O)[O-])cn1. The highest BCUT2D eigenvalue weighted by molar-refractivity contribution is 9.10. The summed E-state index contributed by atoms with van der Waals surface area (Å²) < 4.78 is 13.4. The number of rotatable bonds is 6. The quantitative estimate of drug-likeness (QED) is 0.177. The Balaban J connectivity index is 1.82. The minimum absolute atomic E-state index is 0.129. The van der Waals surface area contributed by atoms with Crippen LogP contribution in [0.25, 0.3) is 10.9 Å². The first-order valence-corrected chi connectivity index (χ1v) is 11.6. The number of nitrogens with zero attached hydrogens (tertiary/aromatic N) is 5. The molecule has 0 N–H and O–H groups in total. The van der Waals surface area contributed by atoms with Crippen molar-refractivity contribution in [3.63, 3.8) is 0 Å². The molecule has 0 unspecified atom stereocenters. The fraction of sp³-hybridized carbons (Fsp3) is 0.200. The van der Waals surface area contributed by atoms with Crippen LogP contribution in [0.4, 0.5) is 5.69 Å². The van der Waals surface area contributed by atoms with Crippen LogP contribution in [0.5, 0.6) is 17.4 Å². The van der Waals surface area contributed by atoms with E-state index in [0.29, 0.717) is 28.0 Å². The second-order valence-electron chi connectivity index (χ2n) is 8.80. The molecule has 2 aromatic carbocycles. The van der Waals surface area contributed by atoms with Crippen molar-refractivity contribution in [2.45, 2.75) is 26.2 Å². The summed E-state index contributed by atoms with van der Waals surface area (Å²) in [5.74, 6) is 1.29. The topological polar surface area (TPSA) is 122 Å². The molecular weight excluding hydrogens is 530 g/mol. The Labute approximate surface area is 214 Å². The first-order valence-electron chi connectivity index (χ1n) is 10.8. The van der Waals surface area contributed by atoms with Crippen molar-refractivity contribution in [3.8, 4) is 17.4 Å². The van der Waals surface area contributed by atoms with E-state index in [-0.39, 0.29) is 22.9 Å². The number of ether oxygens (including phenoxy) is 2. The monoisotopic (exact) mass is 551 g/mol. The molecule has 36 heavy (non-hydrogen) atoms. The van der Waals surface area contributed by atoms with E-state index in [1.54, 1.807) is 30.3 Å². The largest absolute Gasteiger partial charge is 0.493 e. The van der Waals surface area contributed by atoms with Crippen LogP contribution < -0.4 is 15.0 Å². The highest BCUT2D eigenvalue weighted by Crippen LogP contribution is 2.34. The highest BCUT2D eigenvalue weighted by Gasteiger charge is 2.23. The Morgan fingerprint density at radius 3 is 2.58 bits per heavy atom. The van der Waals surface area contributed by atoms with E-state index < -0.39 is 10.3 Å². The van der Waals surface area contributed by atoms with Crippen LogP contribution in [-0.4, -0.2) is 32.9 Å². The minimum atomic E-state index is -0.543. The Bertz CT molecular complexity index is 1540. The molecule has 2 aromatic heterocycles. The van der Waals surface area contributed by atoms with Crippen molar-refractivity contribution in [2.24, 2.45) is 5.10 Å². The summed E-state index contributed by atoms with van der Waals surface area (Å²) in [5.41, 5.74) is 0.122. The van der Waals surface area contributed by atoms with Gasteiger partial charge in [0.15, 0.2) is 11.5 Å². The fourth-order valence-corrected chi connectivity index (χ4v) is 3.77. The Morgan fingerprint density at radius 2 is 1.94 bits per heavy atom. The molecule has 0 atom stereocenters. The number of para-hydroxylation sites is 1. The van der Waals surface area contributed by atoms with E-state index in [4.69, 9.17) is 14.5 Å². The van der Waals surface area contributed by atoms with Crippen molar-refractivity contribution >= 4 is 38.7 Å². The third-order valence-corrected chi connectivity index (χ3v) is 5.65. The number of methoxy groups -OCH3 is 1. The van der Waals surface area contributed by atoms with Crippen LogP contribution >= 0.6 is 15.9 Å². The molecule has 0 bridgehead atoms. The zero-order chi connectivity index (χ0) is 26.0. The summed E-state index contributed by atoms with van der Waals surface area (Å²) in [5, 5.41) is 15.8. The number of pyridine rings is 1. The zero-order valence-corrected chi connectivity index (χ0v) is 21.5. The summed E-state index contributed by atoms with van der Waals surface area (Å²) in [4.78, 5) is 32.5. The molecule has 4 rings (SSSR count). The first-order chi connectivity index (χ1) is 17.1. The number of halogens is 1. The summed E-state index contributed by atoms with van der Waals surface area (Å²) in [7, 11) is 1.49. The van der Waals surface area contributed by atoms with Crippen LogP contribution in [0.2, 0.25) is 0 Å². The number of nitro groups is 1. The van der Waals surface area contributed by atoms with E-state index in [9.17, 15) is 14.9 Å². The molecule has 0 saturated carbocycles. The maximum absolute atomic E-state index is 13.4. The van der Waals surface area contributed by atoms with Crippen molar-refractivity contribution in [2.75, 3.05) is 7.11 Å². The number of hydrogen-bond acceptors (Lipinski definition) is 8. The van der Waals surface area contributed by atoms with Gasteiger partial charge in [0.1, 0.15) is 12.0 Å². The summed E-state index contributed by atoms with van der Waals surface area (Å²) in [6.45, 7) is 5.85. The first kappa shape index (κ1) is 25.0. The van der Waals surface area contributed by atoms with Gasteiger partial charge in [-0.15, -0.1) is 0 Å². The van der Waals surface area contributed by atoms with Crippen LogP contribution in [0.1, 0.15) is 32.2 Å². The van der Waals surface area contributed by atoms with E-state index in [2.05, 4.69) is 26.0 Å². The van der Waals surface area contributed by atoms with Gasteiger partial charge in [0.05, 0.1) is 29.2 Å². The molecule has 0 amide bonds. The van der Waals surface area contributed by atoms with Crippen molar-refractivity contribution < 1.29 is 14.4 Å². The molecule has 184 valence electrons. The van der Waals surface area contributed by atoms with Gasteiger partial charge in [0.25, 0.3) is 11.2 Å². The molecule has 11 heteroatoms. The molecule has 0 fully saturated rings. The second-order valence-corrected chi connectivity index (χ2v) is 9.72. The lowest BCUT2D eigenvalue weighted by Crippen LogP contribution is -2.29. The lowest BCUT2D eigenvalue weighted by atomic mass is 9.95. The number of aromatic nitrogens is 3. The molecule has 0 saturated heterocycles. The van der Waals surface area contributed by atoms with Gasteiger partial charge < -0.3 is 9.47 Å². The molecule has 4 aromatic rings. The maximum atomic E-state index is 13.4. The summed E-state index contributed by atoms with van der Waals surface area (Å²) in [6, 6.07) is 13.2. The molecule has 0 spiro atoms. The zero-order valence-electron chi connectivity index (χ0n) is 19.9. The van der Waals surface area contributed by atoms with Crippen molar-refractivity contribution in [1.29, 1.82) is 0 Å². The smallest absolute Gasteiger partial charge is 0.287 e. The minimum Gasteiger partial charge on any atom is -0.493 e. The van der Waals surface area contributed by atoms with Gasteiger partial charge >= 0.3 is 0 Å². The van der Waals surface area contributed by atoms with Gasteiger partial charge in [-0.3, -0.25) is 14.9 Å². The van der Waals surface area contributed by atoms with Gasteiger partial charge in [-0.1, -0.05) is 42.8 Å². The van der Waals surface area contributed by atoms with Crippen LogP contribution in [-0.2, 0) is 5.41 Å². The van der Waals surface area contributed by atoms with E-state index in [1.165, 1.54) is 30.1 Å². The number of fused-ring (bicyclic) bond motifs is 1. The molecule has 0 aliphatic carbocycles. The van der Waals surface area contributed by atoms with Crippen LogP contribution in [0, 0.1) is 10.1 Å². The van der Waals surface area contributed by atoms with Crippen molar-refractivity contribution in [3.05, 3.63) is 91.1 Å². The molecule has 0 aliphatic rings. The normalized spacial score (nSPS) is 11.7. The van der Waals surface area contributed by atoms with Crippen LogP contribution in [0.15, 0.2) is 69.1 Å². The molecule has 2 heterocycles. The summed E-state index contributed by atoms with van der Waals surface area (Å²) >= 11 is 3.41. The predicted octanol–water partition coefficient (Wildman–Crippen LogP) is 5.44. The fourth-order valence-electron chi connectivity index (χ4n) is 3.41.